The second-order valence-corrected chi connectivity index (χ2v) is 2.60. The van der Waals surface area contributed by atoms with Gasteiger partial charge in [0.1, 0.15) is 6.10 Å². The second-order valence-electron chi connectivity index (χ2n) is 2.60. The van der Waals surface area contributed by atoms with Crippen LogP contribution in [0, 0.1) is 0 Å². The summed E-state index contributed by atoms with van der Waals surface area (Å²) in [6.45, 7) is 1.89. The highest BCUT2D eigenvalue weighted by molar-refractivity contribution is 5.85. The fraction of sp³-hybridized carbons (Fsp3) is 0.857. The fourth-order valence-corrected chi connectivity index (χ4v) is 1.12. The molecule has 0 bridgehead atoms. The fourth-order valence-electron chi connectivity index (χ4n) is 1.12. The van der Waals surface area contributed by atoms with E-state index in [9.17, 15) is 4.79 Å². The van der Waals surface area contributed by atoms with Crippen molar-refractivity contribution in [3.63, 3.8) is 0 Å². The van der Waals surface area contributed by atoms with E-state index >= 15 is 0 Å². The number of rotatable bonds is 1. The van der Waals surface area contributed by atoms with Gasteiger partial charge in [0.2, 0.25) is 0 Å². The zero-order valence-electron chi connectivity index (χ0n) is 7.13. The highest BCUT2D eigenvalue weighted by Crippen LogP contribution is 2.06. The molecule has 1 aliphatic heterocycles. The number of halogens is 1. The predicted molar refractivity (Wildman–Crippen MR) is 48.7 cm³/mol. The number of alkyl carbamates (subject to hydrolysis) is 1. The minimum atomic E-state index is -0.322. The van der Waals surface area contributed by atoms with Gasteiger partial charge in [-0.1, -0.05) is 0 Å². The van der Waals surface area contributed by atoms with Crippen molar-refractivity contribution in [1.82, 2.24) is 10.6 Å². The number of piperidine rings is 1. The summed E-state index contributed by atoms with van der Waals surface area (Å²) in [4.78, 5) is 10.7. The average molecular weight is 195 g/mol. The van der Waals surface area contributed by atoms with Gasteiger partial charge in [0.25, 0.3) is 0 Å². The Hall–Kier alpha value is -0.480. The lowest BCUT2D eigenvalue weighted by molar-refractivity contribution is 0.0810. The van der Waals surface area contributed by atoms with Gasteiger partial charge in [0.05, 0.1) is 0 Å². The Bertz CT molecular complexity index is 137. The largest absolute Gasteiger partial charge is 0.446 e. The van der Waals surface area contributed by atoms with Crippen LogP contribution in [0.1, 0.15) is 12.8 Å². The molecule has 1 heterocycles. The van der Waals surface area contributed by atoms with Crippen LogP contribution in [-0.2, 0) is 4.74 Å². The molecule has 4 nitrogen and oxygen atoms in total. The summed E-state index contributed by atoms with van der Waals surface area (Å²) in [5.41, 5.74) is 0. The van der Waals surface area contributed by atoms with Gasteiger partial charge in [-0.2, -0.15) is 0 Å². The first-order chi connectivity index (χ1) is 5.33. The highest BCUT2D eigenvalue weighted by atomic mass is 35.5. The summed E-state index contributed by atoms with van der Waals surface area (Å²) in [5.74, 6) is 0. The lowest BCUT2D eigenvalue weighted by Gasteiger charge is -2.22. The molecule has 0 saturated carbocycles. The predicted octanol–water partition coefficient (Wildman–Crippen LogP) is 0.516. The number of carbonyl (C=O) groups excluding carboxylic acids is 1. The lowest BCUT2D eigenvalue weighted by Crippen LogP contribution is -2.35. The molecule has 0 aromatic carbocycles. The van der Waals surface area contributed by atoms with Gasteiger partial charge in [0, 0.05) is 7.05 Å². The summed E-state index contributed by atoms with van der Waals surface area (Å²) in [7, 11) is 1.57. The van der Waals surface area contributed by atoms with E-state index in [0.717, 1.165) is 25.9 Å². The van der Waals surface area contributed by atoms with Crippen LogP contribution < -0.4 is 10.6 Å². The number of ether oxygens (including phenoxy) is 1. The van der Waals surface area contributed by atoms with E-state index in [1.165, 1.54) is 0 Å². The third-order valence-corrected chi connectivity index (χ3v) is 1.76. The molecule has 5 heteroatoms. The minimum Gasteiger partial charge on any atom is -0.446 e. The number of nitrogens with one attached hydrogen (secondary N) is 2. The Kier molecular flexibility index (Phi) is 5.84. The molecule has 0 radical (unpaired) electrons. The van der Waals surface area contributed by atoms with E-state index in [2.05, 4.69) is 10.6 Å². The maximum Gasteiger partial charge on any atom is 0.407 e. The Morgan fingerprint density at radius 3 is 2.58 bits per heavy atom. The molecule has 72 valence electrons. The molecule has 1 aliphatic rings. The summed E-state index contributed by atoms with van der Waals surface area (Å²) in [6.07, 6.45) is 1.63. The SMILES string of the molecule is CNC(=O)OC1CCNCC1.Cl. The van der Waals surface area contributed by atoms with Crippen LogP contribution in [0.2, 0.25) is 0 Å². The molecule has 0 aromatic rings. The molecular formula is C7H15ClN2O2. The topological polar surface area (TPSA) is 50.4 Å². The molecular weight excluding hydrogens is 180 g/mol. The van der Waals surface area contributed by atoms with Gasteiger partial charge >= 0.3 is 6.09 Å². The van der Waals surface area contributed by atoms with E-state index in [0.29, 0.717) is 0 Å². The first-order valence-corrected chi connectivity index (χ1v) is 3.92. The molecule has 0 spiro atoms. The van der Waals surface area contributed by atoms with Crippen molar-refractivity contribution in [3.05, 3.63) is 0 Å². The molecule has 1 saturated heterocycles. The average Bonchev–Trinajstić information content (AvgIpc) is 2.06. The maximum atomic E-state index is 10.7. The van der Waals surface area contributed by atoms with Crippen molar-refractivity contribution < 1.29 is 9.53 Å². The third kappa shape index (κ3) is 3.78. The van der Waals surface area contributed by atoms with Gasteiger partial charge in [-0.3, -0.25) is 0 Å². The van der Waals surface area contributed by atoms with Gasteiger partial charge in [0.15, 0.2) is 0 Å². The Labute approximate surface area is 78.5 Å². The van der Waals surface area contributed by atoms with Crippen LogP contribution in [-0.4, -0.2) is 32.3 Å². The molecule has 1 amide bonds. The molecule has 0 aromatic heterocycles. The van der Waals surface area contributed by atoms with E-state index in [1.807, 2.05) is 0 Å². The van der Waals surface area contributed by atoms with E-state index in [4.69, 9.17) is 4.74 Å². The van der Waals surface area contributed by atoms with Gasteiger partial charge in [-0.25, -0.2) is 4.79 Å². The first kappa shape index (κ1) is 11.5. The maximum absolute atomic E-state index is 10.7. The Morgan fingerprint density at radius 2 is 2.08 bits per heavy atom. The zero-order chi connectivity index (χ0) is 8.10. The summed E-state index contributed by atoms with van der Waals surface area (Å²) >= 11 is 0. The molecule has 0 aliphatic carbocycles. The number of amides is 1. The first-order valence-electron chi connectivity index (χ1n) is 3.92. The van der Waals surface area contributed by atoms with Crippen LogP contribution in [0.3, 0.4) is 0 Å². The lowest BCUT2D eigenvalue weighted by atomic mass is 10.1. The third-order valence-electron chi connectivity index (χ3n) is 1.76. The van der Waals surface area contributed by atoms with Crippen LogP contribution in [0.5, 0.6) is 0 Å². The number of hydrogen-bond donors (Lipinski definition) is 2. The Morgan fingerprint density at radius 1 is 1.50 bits per heavy atom. The molecule has 1 rings (SSSR count). The van der Waals surface area contributed by atoms with Crippen molar-refractivity contribution in [2.24, 2.45) is 0 Å². The molecule has 12 heavy (non-hydrogen) atoms. The Balaban J connectivity index is 0.00000121. The number of carbonyl (C=O) groups is 1. The van der Waals surface area contributed by atoms with Crippen LogP contribution in [0.15, 0.2) is 0 Å². The quantitative estimate of drug-likeness (QED) is 0.640. The van der Waals surface area contributed by atoms with Gasteiger partial charge < -0.3 is 15.4 Å². The van der Waals surface area contributed by atoms with Crippen molar-refractivity contribution in [1.29, 1.82) is 0 Å². The van der Waals surface area contributed by atoms with Gasteiger partial charge in [-0.05, 0) is 25.9 Å². The molecule has 2 N–H and O–H groups in total. The van der Waals surface area contributed by atoms with Crippen molar-refractivity contribution in [3.8, 4) is 0 Å². The molecule has 0 unspecified atom stereocenters. The second kappa shape index (κ2) is 6.08. The summed E-state index contributed by atoms with van der Waals surface area (Å²) in [6, 6.07) is 0. The highest BCUT2D eigenvalue weighted by Gasteiger charge is 2.15. The van der Waals surface area contributed by atoms with Crippen LogP contribution in [0.4, 0.5) is 4.79 Å². The van der Waals surface area contributed by atoms with Crippen molar-refractivity contribution in [2.45, 2.75) is 18.9 Å². The molecule has 1 fully saturated rings. The van der Waals surface area contributed by atoms with Crippen molar-refractivity contribution >= 4 is 18.5 Å². The van der Waals surface area contributed by atoms with Crippen LogP contribution >= 0.6 is 12.4 Å². The summed E-state index contributed by atoms with van der Waals surface area (Å²) in [5, 5.41) is 5.62. The minimum absolute atomic E-state index is 0. The van der Waals surface area contributed by atoms with Crippen LogP contribution in [0.25, 0.3) is 0 Å². The normalized spacial score (nSPS) is 17.8. The standard InChI is InChI=1S/C7H14N2O2.ClH/c1-8-7(10)11-6-2-4-9-5-3-6;/h6,9H,2-5H2,1H3,(H,8,10);1H. The number of hydrogen-bond acceptors (Lipinski definition) is 3. The molecule has 0 atom stereocenters. The van der Waals surface area contributed by atoms with Gasteiger partial charge in [-0.15, -0.1) is 12.4 Å². The zero-order valence-corrected chi connectivity index (χ0v) is 7.95. The summed E-state index contributed by atoms with van der Waals surface area (Å²) < 4.78 is 5.05. The van der Waals surface area contributed by atoms with E-state index in [1.54, 1.807) is 7.05 Å². The van der Waals surface area contributed by atoms with E-state index in [-0.39, 0.29) is 24.6 Å². The van der Waals surface area contributed by atoms with Crippen molar-refractivity contribution in [2.75, 3.05) is 20.1 Å². The monoisotopic (exact) mass is 194 g/mol. The van der Waals surface area contributed by atoms with E-state index < -0.39 is 0 Å². The smallest absolute Gasteiger partial charge is 0.407 e.